The fraction of sp³-hybridized carbons (Fsp3) is 0.364. The predicted molar refractivity (Wildman–Crippen MR) is 133 cm³/mol. The molecule has 0 amide bonds. The molecule has 32 heavy (non-hydrogen) atoms. The normalized spacial score (nSPS) is 14.6. The number of rotatable bonds is 6. The summed E-state index contributed by atoms with van der Waals surface area (Å²) in [6.45, 7) is 6.11. The zero-order valence-corrected chi connectivity index (χ0v) is 20.1. The molecule has 1 aromatic carbocycles. The first kappa shape index (κ1) is 28.0. The van der Waals surface area contributed by atoms with Crippen molar-refractivity contribution in [2.75, 3.05) is 44.2 Å². The van der Waals surface area contributed by atoms with E-state index in [-0.39, 0.29) is 49.5 Å². The third-order valence-electron chi connectivity index (χ3n) is 5.18. The number of anilines is 1. The maximum absolute atomic E-state index is 11.6. The van der Waals surface area contributed by atoms with E-state index in [0.29, 0.717) is 17.9 Å². The highest BCUT2D eigenvalue weighted by molar-refractivity contribution is 5.86. The van der Waals surface area contributed by atoms with E-state index < -0.39 is 6.10 Å². The number of aliphatic hydroxyl groups is 1. The van der Waals surface area contributed by atoms with Crippen molar-refractivity contribution in [3.8, 4) is 5.75 Å². The van der Waals surface area contributed by atoms with Crippen LogP contribution in [0.1, 0.15) is 5.56 Å². The lowest BCUT2D eigenvalue weighted by Crippen LogP contribution is -2.49. The lowest BCUT2D eigenvalue weighted by molar-refractivity contribution is 0.0663. The number of fused-ring (bicyclic) bond motifs is 1. The van der Waals surface area contributed by atoms with Gasteiger partial charge in [-0.2, -0.15) is 0 Å². The maximum Gasteiger partial charge on any atom is 0.336 e. The molecule has 1 fully saturated rings. The fourth-order valence-corrected chi connectivity index (χ4v) is 3.64. The van der Waals surface area contributed by atoms with Gasteiger partial charge in [0.05, 0.1) is 0 Å². The third kappa shape index (κ3) is 6.98. The van der Waals surface area contributed by atoms with Gasteiger partial charge in [0.2, 0.25) is 0 Å². The average molecular weight is 505 g/mol. The number of aryl methyl sites for hydroxylation is 1. The van der Waals surface area contributed by atoms with Crippen LogP contribution in [0.15, 0.2) is 57.9 Å². The molecule has 1 N–H and O–H groups in total. The molecule has 1 aliphatic rings. The zero-order chi connectivity index (χ0) is 20.2. The van der Waals surface area contributed by atoms with Gasteiger partial charge < -0.3 is 19.2 Å². The molecule has 0 radical (unpaired) electrons. The van der Waals surface area contributed by atoms with Crippen LogP contribution in [0, 0.1) is 6.92 Å². The maximum atomic E-state index is 11.6. The Bertz CT molecular complexity index is 1030. The molecule has 1 atom stereocenters. The van der Waals surface area contributed by atoms with Gasteiger partial charge in [-0.25, -0.2) is 9.78 Å². The van der Waals surface area contributed by atoms with E-state index in [9.17, 15) is 9.90 Å². The number of hydrogen-bond donors (Lipinski definition) is 1. The molecule has 7 nitrogen and oxygen atoms in total. The highest BCUT2D eigenvalue weighted by Crippen LogP contribution is 2.22. The Balaban J connectivity index is 0.00000171. The summed E-state index contributed by atoms with van der Waals surface area (Å²) >= 11 is 0. The molecule has 1 saturated heterocycles. The summed E-state index contributed by atoms with van der Waals surface area (Å²) < 4.78 is 11.0. The molecule has 4 rings (SSSR count). The van der Waals surface area contributed by atoms with Gasteiger partial charge in [0.15, 0.2) is 0 Å². The summed E-state index contributed by atoms with van der Waals surface area (Å²) in [6.07, 6.45) is 1.21. The second-order valence-electron chi connectivity index (χ2n) is 7.35. The Morgan fingerprint density at radius 1 is 1.09 bits per heavy atom. The number of hydrogen-bond acceptors (Lipinski definition) is 7. The van der Waals surface area contributed by atoms with Crippen LogP contribution >= 0.6 is 37.2 Å². The van der Waals surface area contributed by atoms with Gasteiger partial charge in [0.1, 0.15) is 29.9 Å². The number of halogens is 3. The second kappa shape index (κ2) is 12.9. The van der Waals surface area contributed by atoms with E-state index in [0.717, 1.165) is 42.9 Å². The summed E-state index contributed by atoms with van der Waals surface area (Å²) in [5.74, 6) is 1.57. The Morgan fingerprint density at radius 3 is 2.53 bits per heavy atom. The summed E-state index contributed by atoms with van der Waals surface area (Å²) in [7, 11) is 0. The van der Waals surface area contributed by atoms with Gasteiger partial charge in [0, 0.05) is 56.4 Å². The van der Waals surface area contributed by atoms with Crippen LogP contribution in [0.25, 0.3) is 11.0 Å². The van der Waals surface area contributed by atoms with Crippen LogP contribution < -0.4 is 15.3 Å². The molecule has 0 bridgehead atoms. The number of piperazine rings is 1. The Morgan fingerprint density at radius 2 is 1.84 bits per heavy atom. The molecule has 3 heterocycles. The standard InChI is InChI=1S/C22H25N3O4.3ClH/c1-16-12-22(27)29-20-13-18(5-6-19(16)20)28-15-17(26)14-24-8-10-25(11-9-24)21-4-2-3-7-23-21;;;/h2-7,12-13,17,26H,8-11,14-15H2,1H3;3*1H/t17-;;;/m0.../s1. The van der Waals surface area contributed by atoms with Gasteiger partial charge in [-0.05, 0) is 36.8 Å². The molecule has 3 aromatic rings. The van der Waals surface area contributed by atoms with E-state index in [1.165, 1.54) is 6.07 Å². The molecule has 0 unspecified atom stereocenters. The minimum absolute atomic E-state index is 0. The lowest BCUT2D eigenvalue weighted by Gasteiger charge is -2.36. The molecule has 0 saturated carbocycles. The fourth-order valence-electron chi connectivity index (χ4n) is 3.64. The van der Waals surface area contributed by atoms with E-state index in [1.54, 1.807) is 6.07 Å². The van der Waals surface area contributed by atoms with Crippen LogP contribution in [-0.4, -0.2) is 60.4 Å². The SMILES string of the molecule is Cc1cc(=O)oc2cc(OC[C@@H](O)CN3CCN(c4ccccn4)CC3)ccc12.Cl.Cl.Cl. The lowest BCUT2D eigenvalue weighted by atomic mass is 10.1. The zero-order valence-electron chi connectivity index (χ0n) is 17.7. The van der Waals surface area contributed by atoms with Crippen LogP contribution in [-0.2, 0) is 0 Å². The largest absolute Gasteiger partial charge is 0.491 e. The van der Waals surface area contributed by atoms with Crippen molar-refractivity contribution < 1.29 is 14.3 Å². The summed E-state index contributed by atoms with van der Waals surface area (Å²) in [5.41, 5.74) is 0.984. The van der Waals surface area contributed by atoms with E-state index in [1.807, 2.05) is 43.5 Å². The highest BCUT2D eigenvalue weighted by atomic mass is 35.5. The van der Waals surface area contributed by atoms with Crippen molar-refractivity contribution in [1.82, 2.24) is 9.88 Å². The summed E-state index contributed by atoms with van der Waals surface area (Å²) in [5, 5.41) is 11.3. The quantitative estimate of drug-likeness (QED) is 0.516. The van der Waals surface area contributed by atoms with Crippen LogP contribution in [0.2, 0.25) is 0 Å². The smallest absolute Gasteiger partial charge is 0.336 e. The molecule has 0 spiro atoms. The second-order valence-corrected chi connectivity index (χ2v) is 7.35. The molecule has 2 aromatic heterocycles. The van der Waals surface area contributed by atoms with Crippen molar-refractivity contribution in [3.05, 3.63) is 64.6 Å². The van der Waals surface area contributed by atoms with Gasteiger partial charge in [-0.15, -0.1) is 37.2 Å². The van der Waals surface area contributed by atoms with Gasteiger partial charge in [-0.1, -0.05) is 6.07 Å². The van der Waals surface area contributed by atoms with Crippen LogP contribution in [0.3, 0.4) is 0 Å². The Labute approximate surface area is 205 Å². The highest BCUT2D eigenvalue weighted by Gasteiger charge is 2.20. The molecular formula is C22H28Cl3N3O4. The van der Waals surface area contributed by atoms with Crippen molar-refractivity contribution in [1.29, 1.82) is 0 Å². The van der Waals surface area contributed by atoms with Gasteiger partial charge >= 0.3 is 5.63 Å². The van der Waals surface area contributed by atoms with E-state index in [2.05, 4.69) is 14.8 Å². The first-order valence-electron chi connectivity index (χ1n) is 9.82. The molecular weight excluding hydrogens is 477 g/mol. The molecule has 10 heteroatoms. The summed E-state index contributed by atoms with van der Waals surface area (Å²) in [4.78, 5) is 20.4. The topological polar surface area (TPSA) is 79.0 Å². The molecule has 176 valence electrons. The van der Waals surface area contributed by atoms with Gasteiger partial charge in [0.25, 0.3) is 0 Å². The number of β-amino-alcohol motifs (C(OH)–C–C–N with tert-alkyl or cyclic N) is 1. The molecule has 1 aliphatic heterocycles. The third-order valence-corrected chi connectivity index (χ3v) is 5.18. The number of pyridine rings is 1. The number of ether oxygens (including phenoxy) is 1. The monoisotopic (exact) mass is 503 g/mol. The average Bonchev–Trinajstić information content (AvgIpc) is 2.73. The van der Waals surface area contributed by atoms with E-state index in [4.69, 9.17) is 9.15 Å². The van der Waals surface area contributed by atoms with Crippen molar-refractivity contribution in [3.63, 3.8) is 0 Å². The number of aromatic nitrogens is 1. The van der Waals surface area contributed by atoms with E-state index >= 15 is 0 Å². The minimum atomic E-state index is -0.600. The predicted octanol–water partition coefficient (Wildman–Crippen LogP) is 3.32. The number of aliphatic hydroxyl groups excluding tert-OH is 1. The molecule has 0 aliphatic carbocycles. The summed E-state index contributed by atoms with van der Waals surface area (Å²) in [6, 6.07) is 12.8. The van der Waals surface area contributed by atoms with Crippen molar-refractivity contribution >= 4 is 54.0 Å². The van der Waals surface area contributed by atoms with Crippen molar-refractivity contribution in [2.24, 2.45) is 0 Å². The van der Waals surface area contributed by atoms with Crippen LogP contribution in [0.4, 0.5) is 5.82 Å². The number of nitrogens with zero attached hydrogens (tertiary/aromatic N) is 3. The van der Waals surface area contributed by atoms with Crippen LogP contribution in [0.5, 0.6) is 5.75 Å². The number of benzene rings is 1. The minimum Gasteiger partial charge on any atom is -0.491 e. The first-order valence-corrected chi connectivity index (χ1v) is 9.82. The Kier molecular flexibility index (Phi) is 11.3. The van der Waals surface area contributed by atoms with Gasteiger partial charge in [-0.3, -0.25) is 4.90 Å². The first-order chi connectivity index (χ1) is 14.1. The van der Waals surface area contributed by atoms with Crippen molar-refractivity contribution in [2.45, 2.75) is 13.0 Å². The Hall–Kier alpha value is -2.03.